The molecule has 2 heterocycles. The van der Waals surface area contributed by atoms with Gasteiger partial charge in [-0.3, -0.25) is 9.78 Å². The van der Waals surface area contributed by atoms with E-state index in [1.165, 1.54) is 11.8 Å². The molecule has 100 valence electrons. The summed E-state index contributed by atoms with van der Waals surface area (Å²) in [6.07, 6.45) is 4.52. The number of aromatic nitrogens is 5. The number of tetrazole rings is 1. The Morgan fingerprint density at radius 3 is 3.11 bits per heavy atom. The van der Waals surface area contributed by atoms with E-state index in [-0.39, 0.29) is 5.91 Å². The lowest BCUT2D eigenvalue weighted by molar-refractivity contribution is -0.116. The molecule has 19 heavy (non-hydrogen) atoms. The molecule has 1 amide bonds. The van der Waals surface area contributed by atoms with Gasteiger partial charge >= 0.3 is 0 Å². The number of nitrogens with zero attached hydrogens (tertiary/aromatic N) is 5. The Kier molecular flexibility index (Phi) is 4.85. The van der Waals surface area contributed by atoms with Crippen LogP contribution in [-0.2, 0) is 11.8 Å². The van der Waals surface area contributed by atoms with Crippen molar-refractivity contribution in [1.29, 1.82) is 0 Å². The predicted octanol–water partition coefficient (Wildman–Crippen LogP) is 1.12. The van der Waals surface area contributed by atoms with Gasteiger partial charge in [0.2, 0.25) is 11.1 Å². The van der Waals surface area contributed by atoms with Gasteiger partial charge < -0.3 is 5.32 Å². The Morgan fingerprint density at radius 2 is 2.42 bits per heavy atom. The van der Waals surface area contributed by atoms with Crippen molar-refractivity contribution in [3.8, 4) is 0 Å². The summed E-state index contributed by atoms with van der Waals surface area (Å²) < 4.78 is 1.61. The molecule has 0 aliphatic carbocycles. The maximum Gasteiger partial charge on any atom is 0.224 e. The van der Waals surface area contributed by atoms with Crippen molar-refractivity contribution in [1.82, 2.24) is 25.2 Å². The van der Waals surface area contributed by atoms with Gasteiger partial charge in [-0.05, 0) is 29.0 Å². The molecule has 0 bridgehead atoms. The van der Waals surface area contributed by atoms with Crippen LogP contribution in [0.2, 0.25) is 0 Å². The van der Waals surface area contributed by atoms with Crippen LogP contribution in [0.4, 0.5) is 5.69 Å². The van der Waals surface area contributed by atoms with Gasteiger partial charge in [-0.2, -0.15) is 0 Å². The molecular formula is C11H14N6OS. The lowest BCUT2D eigenvalue weighted by atomic mass is 10.3. The Labute approximate surface area is 114 Å². The molecule has 0 atom stereocenters. The van der Waals surface area contributed by atoms with Gasteiger partial charge in [0.05, 0.1) is 11.9 Å². The number of carbonyl (C=O) groups excluding carboxylic acids is 1. The Balaban J connectivity index is 1.66. The fourth-order valence-electron chi connectivity index (χ4n) is 1.40. The fourth-order valence-corrected chi connectivity index (χ4v) is 2.19. The van der Waals surface area contributed by atoms with Crippen molar-refractivity contribution in [2.45, 2.75) is 18.0 Å². The van der Waals surface area contributed by atoms with Gasteiger partial charge in [0.15, 0.2) is 0 Å². The zero-order valence-electron chi connectivity index (χ0n) is 10.5. The number of hydrogen-bond donors (Lipinski definition) is 1. The molecule has 0 aliphatic heterocycles. The second-order valence-corrected chi connectivity index (χ2v) is 4.89. The standard InChI is InChI=1S/C11H14N6OS/c1-17-11(14-15-16-17)19-7-3-5-10(18)13-9-4-2-6-12-8-9/h2,4,6,8H,3,5,7H2,1H3,(H,13,18). The molecule has 1 N–H and O–H groups in total. The average Bonchev–Trinajstić information content (AvgIpc) is 2.81. The van der Waals surface area contributed by atoms with Crippen molar-refractivity contribution < 1.29 is 4.79 Å². The maximum absolute atomic E-state index is 11.6. The van der Waals surface area contributed by atoms with Crippen molar-refractivity contribution in [3.63, 3.8) is 0 Å². The second-order valence-electron chi connectivity index (χ2n) is 3.83. The van der Waals surface area contributed by atoms with Gasteiger partial charge in [-0.25, -0.2) is 4.68 Å². The van der Waals surface area contributed by atoms with Crippen molar-refractivity contribution in [2.75, 3.05) is 11.1 Å². The molecular weight excluding hydrogens is 264 g/mol. The minimum absolute atomic E-state index is 0.00955. The van der Waals surface area contributed by atoms with E-state index in [0.717, 1.165) is 23.0 Å². The van der Waals surface area contributed by atoms with Gasteiger partial charge in [0.1, 0.15) is 0 Å². The fraction of sp³-hybridized carbons (Fsp3) is 0.364. The highest BCUT2D eigenvalue weighted by atomic mass is 32.2. The SMILES string of the molecule is Cn1nnnc1SCCCC(=O)Nc1cccnc1. The molecule has 7 nitrogen and oxygen atoms in total. The van der Waals surface area contributed by atoms with E-state index in [9.17, 15) is 4.79 Å². The number of anilines is 1. The number of hydrogen-bond acceptors (Lipinski definition) is 6. The zero-order valence-corrected chi connectivity index (χ0v) is 11.3. The number of pyridine rings is 1. The Bertz CT molecular complexity index is 529. The first-order valence-corrected chi connectivity index (χ1v) is 6.79. The van der Waals surface area contributed by atoms with E-state index >= 15 is 0 Å². The monoisotopic (exact) mass is 278 g/mol. The van der Waals surface area contributed by atoms with Crippen molar-refractivity contribution in [3.05, 3.63) is 24.5 Å². The largest absolute Gasteiger partial charge is 0.325 e. The first-order chi connectivity index (χ1) is 9.25. The lowest BCUT2D eigenvalue weighted by Gasteiger charge is -2.03. The first-order valence-electron chi connectivity index (χ1n) is 5.81. The van der Waals surface area contributed by atoms with Crippen LogP contribution < -0.4 is 5.32 Å². The summed E-state index contributed by atoms with van der Waals surface area (Å²) >= 11 is 1.54. The van der Waals surface area contributed by atoms with Crippen molar-refractivity contribution in [2.24, 2.45) is 7.05 Å². The van der Waals surface area contributed by atoms with E-state index in [0.29, 0.717) is 6.42 Å². The molecule has 0 unspecified atom stereocenters. The second kappa shape index (κ2) is 6.83. The minimum Gasteiger partial charge on any atom is -0.325 e. The molecule has 2 aromatic rings. The van der Waals surface area contributed by atoms with Gasteiger partial charge in [0, 0.05) is 25.4 Å². The summed E-state index contributed by atoms with van der Waals surface area (Å²) in [5, 5.41) is 14.7. The zero-order chi connectivity index (χ0) is 13.5. The maximum atomic E-state index is 11.6. The highest BCUT2D eigenvalue weighted by molar-refractivity contribution is 7.99. The number of nitrogens with one attached hydrogen (secondary N) is 1. The van der Waals surface area contributed by atoms with Crippen LogP contribution in [0.25, 0.3) is 0 Å². The molecule has 0 aromatic carbocycles. The number of amides is 1. The molecule has 2 rings (SSSR count). The quantitative estimate of drug-likeness (QED) is 0.629. The molecule has 2 aromatic heterocycles. The van der Waals surface area contributed by atoms with Crippen LogP contribution in [0.3, 0.4) is 0 Å². The average molecular weight is 278 g/mol. The van der Waals surface area contributed by atoms with Gasteiger partial charge in [-0.1, -0.05) is 11.8 Å². The van der Waals surface area contributed by atoms with Gasteiger partial charge in [-0.15, -0.1) is 5.10 Å². The van der Waals surface area contributed by atoms with E-state index in [1.807, 2.05) is 6.07 Å². The van der Waals surface area contributed by atoms with E-state index in [2.05, 4.69) is 25.8 Å². The highest BCUT2D eigenvalue weighted by Crippen LogP contribution is 2.14. The third-order valence-corrected chi connectivity index (χ3v) is 3.40. The van der Waals surface area contributed by atoms with E-state index in [1.54, 1.807) is 30.2 Å². The lowest BCUT2D eigenvalue weighted by Crippen LogP contribution is -2.11. The van der Waals surface area contributed by atoms with E-state index < -0.39 is 0 Å². The number of carbonyl (C=O) groups is 1. The summed E-state index contributed by atoms with van der Waals surface area (Å²) in [6.45, 7) is 0. The van der Waals surface area contributed by atoms with Crippen molar-refractivity contribution >= 4 is 23.4 Å². The summed E-state index contributed by atoms with van der Waals surface area (Å²) in [7, 11) is 1.79. The molecule has 0 radical (unpaired) electrons. The summed E-state index contributed by atoms with van der Waals surface area (Å²) in [5.41, 5.74) is 0.720. The topological polar surface area (TPSA) is 85.6 Å². The highest BCUT2D eigenvalue weighted by Gasteiger charge is 2.05. The van der Waals surface area contributed by atoms with Crippen LogP contribution >= 0.6 is 11.8 Å². The summed E-state index contributed by atoms with van der Waals surface area (Å²) in [6, 6.07) is 3.59. The normalized spacial score (nSPS) is 10.4. The van der Waals surface area contributed by atoms with Crippen LogP contribution in [0.15, 0.2) is 29.7 Å². The van der Waals surface area contributed by atoms with Crippen LogP contribution in [-0.4, -0.2) is 36.9 Å². The summed E-state index contributed by atoms with van der Waals surface area (Å²) in [4.78, 5) is 15.6. The minimum atomic E-state index is -0.00955. The molecule has 0 spiro atoms. The predicted molar refractivity (Wildman–Crippen MR) is 71.6 cm³/mol. The smallest absolute Gasteiger partial charge is 0.224 e. The third-order valence-electron chi connectivity index (χ3n) is 2.31. The number of aryl methyl sites for hydroxylation is 1. The Morgan fingerprint density at radius 1 is 1.53 bits per heavy atom. The number of rotatable bonds is 6. The molecule has 0 saturated heterocycles. The summed E-state index contributed by atoms with van der Waals surface area (Å²) in [5.74, 6) is 0.791. The molecule has 0 aliphatic rings. The van der Waals surface area contributed by atoms with E-state index in [4.69, 9.17) is 0 Å². The van der Waals surface area contributed by atoms with Gasteiger partial charge in [0.25, 0.3) is 0 Å². The Hall–Kier alpha value is -1.96. The van der Waals surface area contributed by atoms with Crippen LogP contribution in [0.5, 0.6) is 0 Å². The molecule has 0 fully saturated rings. The number of thioether (sulfide) groups is 1. The third kappa shape index (κ3) is 4.32. The molecule has 8 heteroatoms. The van der Waals surface area contributed by atoms with Crippen LogP contribution in [0.1, 0.15) is 12.8 Å². The first kappa shape index (κ1) is 13.5. The molecule has 0 saturated carbocycles. The van der Waals surface area contributed by atoms with Crippen LogP contribution in [0, 0.1) is 0 Å².